The van der Waals surface area contributed by atoms with E-state index in [4.69, 9.17) is 10.8 Å². The molecule has 1 aromatic rings. The second kappa shape index (κ2) is 5.95. The van der Waals surface area contributed by atoms with Gasteiger partial charge in [0.25, 0.3) is 5.91 Å². The van der Waals surface area contributed by atoms with Crippen LogP contribution in [0, 0.1) is 0 Å². The van der Waals surface area contributed by atoms with Crippen molar-refractivity contribution in [2.45, 2.75) is 12.5 Å². The highest BCUT2D eigenvalue weighted by Crippen LogP contribution is 2.00. The molecule has 1 rings (SSSR count). The molecular formula is C11H15N3O3. The number of nitrogens with two attached hydrogens (primary N) is 1. The first kappa shape index (κ1) is 13.1. The van der Waals surface area contributed by atoms with Gasteiger partial charge in [0.05, 0.1) is 0 Å². The predicted octanol–water partition coefficient (Wildman–Crippen LogP) is -0.506. The molecule has 0 saturated heterocycles. The van der Waals surface area contributed by atoms with E-state index in [-0.39, 0.29) is 0 Å². The molecule has 0 aliphatic carbocycles. The van der Waals surface area contributed by atoms with E-state index in [0.717, 1.165) is 5.56 Å². The van der Waals surface area contributed by atoms with Gasteiger partial charge in [0.2, 0.25) is 0 Å². The maximum Gasteiger partial charge on any atom is 0.330 e. The molecule has 1 aromatic heterocycles. The molecule has 0 fully saturated rings. The van der Waals surface area contributed by atoms with Gasteiger partial charge in [-0.2, -0.15) is 0 Å². The van der Waals surface area contributed by atoms with E-state index in [1.54, 1.807) is 12.4 Å². The minimum absolute atomic E-state index is 0.420. The van der Waals surface area contributed by atoms with Crippen LogP contribution in [0.15, 0.2) is 24.5 Å². The van der Waals surface area contributed by atoms with Crippen molar-refractivity contribution in [1.29, 1.82) is 0 Å². The van der Waals surface area contributed by atoms with Crippen LogP contribution < -0.4 is 5.73 Å². The molecule has 0 radical (unpaired) electrons. The SMILES string of the molecule is CN(CCc1ccncc1)C(=O)C(N)C(=O)O. The number of rotatable bonds is 5. The minimum atomic E-state index is -1.49. The highest BCUT2D eigenvalue weighted by Gasteiger charge is 2.24. The number of hydrogen-bond acceptors (Lipinski definition) is 4. The highest BCUT2D eigenvalue weighted by atomic mass is 16.4. The van der Waals surface area contributed by atoms with Crippen LogP contribution in [0.4, 0.5) is 0 Å². The second-order valence-corrected chi connectivity index (χ2v) is 3.68. The fourth-order valence-electron chi connectivity index (χ4n) is 1.30. The summed E-state index contributed by atoms with van der Waals surface area (Å²) < 4.78 is 0. The lowest BCUT2D eigenvalue weighted by atomic mass is 10.2. The number of carbonyl (C=O) groups excluding carboxylic acids is 1. The standard InChI is InChI=1S/C11H15N3O3/c1-14(10(15)9(12)11(16)17)7-4-8-2-5-13-6-3-8/h2-3,5-6,9H,4,7,12H2,1H3,(H,16,17). The summed E-state index contributed by atoms with van der Waals surface area (Å²) in [5, 5.41) is 8.61. The Hall–Kier alpha value is -1.95. The predicted molar refractivity (Wildman–Crippen MR) is 61.2 cm³/mol. The Balaban J connectivity index is 2.47. The molecule has 6 heteroatoms. The topological polar surface area (TPSA) is 96.5 Å². The summed E-state index contributed by atoms with van der Waals surface area (Å²) in [5.41, 5.74) is 6.26. The molecule has 92 valence electrons. The van der Waals surface area contributed by atoms with Gasteiger partial charge in [0.1, 0.15) is 0 Å². The fraction of sp³-hybridized carbons (Fsp3) is 0.364. The molecule has 17 heavy (non-hydrogen) atoms. The van der Waals surface area contributed by atoms with Crippen LogP contribution in [0.3, 0.4) is 0 Å². The number of carbonyl (C=O) groups is 2. The monoisotopic (exact) mass is 237 g/mol. The number of amides is 1. The third-order valence-electron chi connectivity index (χ3n) is 2.39. The normalized spacial score (nSPS) is 11.9. The molecule has 0 spiro atoms. The first-order chi connectivity index (χ1) is 8.02. The Morgan fingerprint density at radius 3 is 2.59 bits per heavy atom. The van der Waals surface area contributed by atoms with Crippen LogP contribution in [0.5, 0.6) is 0 Å². The van der Waals surface area contributed by atoms with Crippen molar-refractivity contribution in [2.75, 3.05) is 13.6 Å². The average molecular weight is 237 g/mol. The van der Waals surface area contributed by atoms with E-state index in [1.807, 2.05) is 12.1 Å². The van der Waals surface area contributed by atoms with Crippen molar-refractivity contribution >= 4 is 11.9 Å². The maximum absolute atomic E-state index is 11.5. The van der Waals surface area contributed by atoms with Crippen LogP contribution in [0.2, 0.25) is 0 Å². The molecule has 3 N–H and O–H groups in total. The van der Waals surface area contributed by atoms with Gasteiger partial charge in [-0.3, -0.25) is 9.78 Å². The van der Waals surface area contributed by atoms with Gasteiger partial charge in [-0.25, -0.2) is 4.79 Å². The van der Waals surface area contributed by atoms with Gasteiger partial charge in [-0.05, 0) is 24.1 Å². The number of pyridine rings is 1. The molecule has 1 unspecified atom stereocenters. The first-order valence-electron chi connectivity index (χ1n) is 5.14. The lowest BCUT2D eigenvalue weighted by molar-refractivity contribution is -0.145. The van der Waals surface area contributed by atoms with Gasteiger partial charge in [0.15, 0.2) is 6.04 Å². The van der Waals surface area contributed by atoms with E-state index in [2.05, 4.69) is 4.98 Å². The molecule has 1 amide bonds. The maximum atomic E-state index is 11.5. The van der Waals surface area contributed by atoms with Crippen molar-refractivity contribution in [3.05, 3.63) is 30.1 Å². The Morgan fingerprint density at radius 2 is 2.06 bits per heavy atom. The van der Waals surface area contributed by atoms with Gasteiger partial charge in [-0.1, -0.05) is 0 Å². The zero-order valence-corrected chi connectivity index (χ0v) is 9.54. The third-order valence-corrected chi connectivity index (χ3v) is 2.39. The molecule has 6 nitrogen and oxygen atoms in total. The number of hydrogen-bond donors (Lipinski definition) is 2. The van der Waals surface area contributed by atoms with Crippen molar-refractivity contribution < 1.29 is 14.7 Å². The zero-order valence-electron chi connectivity index (χ0n) is 9.54. The van der Waals surface area contributed by atoms with Gasteiger partial charge in [-0.15, -0.1) is 0 Å². The number of carboxylic acids is 1. The van der Waals surface area contributed by atoms with Crippen LogP contribution >= 0.6 is 0 Å². The van der Waals surface area contributed by atoms with E-state index < -0.39 is 17.9 Å². The van der Waals surface area contributed by atoms with Crippen LogP contribution in [0.25, 0.3) is 0 Å². The second-order valence-electron chi connectivity index (χ2n) is 3.68. The summed E-state index contributed by atoms with van der Waals surface area (Å²) in [7, 11) is 1.53. The van der Waals surface area contributed by atoms with Gasteiger partial charge < -0.3 is 15.7 Å². The Kier molecular flexibility index (Phi) is 4.59. The van der Waals surface area contributed by atoms with Crippen LogP contribution in [0.1, 0.15) is 5.56 Å². The van der Waals surface area contributed by atoms with E-state index >= 15 is 0 Å². The van der Waals surface area contributed by atoms with Gasteiger partial charge >= 0.3 is 5.97 Å². The molecule has 0 saturated carbocycles. The van der Waals surface area contributed by atoms with Gasteiger partial charge in [0, 0.05) is 26.0 Å². The summed E-state index contributed by atoms with van der Waals surface area (Å²) in [4.78, 5) is 27.3. The molecule has 0 aromatic carbocycles. The summed E-state index contributed by atoms with van der Waals surface area (Å²) in [6, 6.07) is 2.20. The molecule has 0 aliphatic rings. The number of nitrogens with zero attached hydrogens (tertiary/aromatic N) is 2. The smallest absolute Gasteiger partial charge is 0.330 e. The molecular weight excluding hydrogens is 222 g/mol. The third kappa shape index (κ3) is 3.84. The Labute approximate surface area is 99.1 Å². The highest BCUT2D eigenvalue weighted by molar-refractivity contribution is 6.00. The average Bonchev–Trinajstić information content (AvgIpc) is 2.35. The van der Waals surface area contributed by atoms with E-state index in [1.165, 1.54) is 11.9 Å². The molecule has 0 aliphatic heterocycles. The summed E-state index contributed by atoms with van der Waals surface area (Å²) in [6.07, 6.45) is 3.97. The number of aromatic nitrogens is 1. The summed E-state index contributed by atoms with van der Waals surface area (Å²) >= 11 is 0. The Bertz CT molecular complexity index is 394. The fourth-order valence-corrected chi connectivity index (χ4v) is 1.30. The van der Waals surface area contributed by atoms with Crippen molar-refractivity contribution in [3.8, 4) is 0 Å². The minimum Gasteiger partial charge on any atom is -0.480 e. The van der Waals surface area contributed by atoms with Crippen molar-refractivity contribution in [1.82, 2.24) is 9.88 Å². The quantitative estimate of drug-likeness (QED) is 0.673. The zero-order chi connectivity index (χ0) is 12.8. The number of likely N-dealkylation sites (N-methyl/N-ethyl adjacent to an activating group) is 1. The first-order valence-corrected chi connectivity index (χ1v) is 5.14. The van der Waals surface area contributed by atoms with E-state index in [0.29, 0.717) is 13.0 Å². The lowest BCUT2D eigenvalue weighted by Crippen LogP contribution is -2.47. The summed E-state index contributed by atoms with van der Waals surface area (Å²) in [6.45, 7) is 0.420. The number of aliphatic carboxylic acids is 1. The number of carboxylic acid groups (broad SMARTS) is 1. The van der Waals surface area contributed by atoms with E-state index in [9.17, 15) is 9.59 Å². The van der Waals surface area contributed by atoms with Crippen molar-refractivity contribution in [2.24, 2.45) is 5.73 Å². The molecule has 1 heterocycles. The Morgan fingerprint density at radius 1 is 1.47 bits per heavy atom. The van der Waals surface area contributed by atoms with Crippen LogP contribution in [-0.2, 0) is 16.0 Å². The van der Waals surface area contributed by atoms with Crippen molar-refractivity contribution in [3.63, 3.8) is 0 Å². The molecule has 0 bridgehead atoms. The lowest BCUT2D eigenvalue weighted by Gasteiger charge is -2.19. The van der Waals surface area contributed by atoms with Crippen LogP contribution in [-0.4, -0.2) is 46.5 Å². The molecule has 1 atom stereocenters. The largest absolute Gasteiger partial charge is 0.480 e. The summed E-state index contributed by atoms with van der Waals surface area (Å²) in [5.74, 6) is -1.91.